The van der Waals surface area contributed by atoms with Crippen LogP contribution in [0.25, 0.3) is 0 Å². The van der Waals surface area contributed by atoms with Gasteiger partial charge in [-0.15, -0.1) is 0 Å². The Morgan fingerprint density at radius 2 is 2.00 bits per heavy atom. The SMILES string of the molecule is COC(C)(C)CC(C)Nc1cc2c(cc1Cl)OCO2. The van der Waals surface area contributed by atoms with E-state index in [0.717, 1.165) is 17.9 Å². The summed E-state index contributed by atoms with van der Waals surface area (Å²) in [6.07, 6.45) is 0.869. The Labute approximate surface area is 119 Å². The fraction of sp³-hybridized carbons (Fsp3) is 0.571. The first-order valence-corrected chi connectivity index (χ1v) is 6.70. The first kappa shape index (κ1) is 14.3. The molecule has 0 saturated heterocycles. The molecule has 0 aliphatic carbocycles. The van der Waals surface area contributed by atoms with E-state index in [0.29, 0.717) is 10.8 Å². The van der Waals surface area contributed by atoms with Gasteiger partial charge >= 0.3 is 0 Å². The summed E-state index contributed by atoms with van der Waals surface area (Å²) in [5.74, 6) is 1.42. The maximum Gasteiger partial charge on any atom is 0.231 e. The summed E-state index contributed by atoms with van der Waals surface area (Å²) in [6.45, 7) is 6.47. The number of halogens is 1. The van der Waals surface area contributed by atoms with E-state index >= 15 is 0 Å². The van der Waals surface area contributed by atoms with Crippen LogP contribution in [0.5, 0.6) is 11.5 Å². The van der Waals surface area contributed by atoms with Crippen molar-refractivity contribution in [2.45, 2.75) is 38.8 Å². The van der Waals surface area contributed by atoms with Gasteiger partial charge < -0.3 is 19.5 Å². The average Bonchev–Trinajstić information content (AvgIpc) is 2.76. The lowest BCUT2D eigenvalue weighted by Crippen LogP contribution is -2.31. The minimum atomic E-state index is -0.171. The van der Waals surface area contributed by atoms with Gasteiger partial charge in [0.05, 0.1) is 16.3 Å². The van der Waals surface area contributed by atoms with Crippen LogP contribution in [0.2, 0.25) is 5.02 Å². The van der Waals surface area contributed by atoms with E-state index in [1.165, 1.54) is 0 Å². The summed E-state index contributed by atoms with van der Waals surface area (Å²) < 4.78 is 16.1. The summed E-state index contributed by atoms with van der Waals surface area (Å²) in [4.78, 5) is 0. The molecule has 0 fully saturated rings. The molecule has 0 amide bonds. The van der Waals surface area contributed by atoms with Crippen LogP contribution in [0, 0.1) is 0 Å². The van der Waals surface area contributed by atoms with Crippen molar-refractivity contribution in [1.82, 2.24) is 0 Å². The second-order valence-electron chi connectivity index (χ2n) is 5.40. The highest BCUT2D eigenvalue weighted by Crippen LogP contribution is 2.39. The zero-order chi connectivity index (χ0) is 14.0. The molecule has 1 aromatic carbocycles. The summed E-state index contributed by atoms with van der Waals surface area (Å²) >= 11 is 6.23. The van der Waals surface area contributed by atoms with Crippen molar-refractivity contribution in [2.75, 3.05) is 19.2 Å². The van der Waals surface area contributed by atoms with Crippen molar-refractivity contribution in [3.05, 3.63) is 17.2 Å². The molecule has 106 valence electrons. The molecule has 1 aliphatic rings. The molecule has 1 N–H and O–H groups in total. The molecule has 1 aliphatic heterocycles. The lowest BCUT2D eigenvalue weighted by molar-refractivity contribution is 0.0128. The minimum Gasteiger partial charge on any atom is -0.454 e. The normalized spacial score (nSPS) is 15.4. The Morgan fingerprint density at radius 1 is 1.37 bits per heavy atom. The molecule has 19 heavy (non-hydrogen) atoms. The Bertz CT molecular complexity index is 462. The first-order valence-electron chi connectivity index (χ1n) is 6.32. The predicted octanol–water partition coefficient (Wildman–Crippen LogP) is 3.68. The molecule has 5 heteroatoms. The highest BCUT2D eigenvalue weighted by Gasteiger charge is 2.22. The van der Waals surface area contributed by atoms with Crippen LogP contribution >= 0.6 is 11.6 Å². The first-order chi connectivity index (χ1) is 8.91. The maximum atomic E-state index is 6.23. The fourth-order valence-electron chi connectivity index (χ4n) is 2.16. The molecule has 1 atom stereocenters. The molecule has 0 saturated carbocycles. The second kappa shape index (κ2) is 5.47. The Balaban J connectivity index is 2.07. The molecule has 0 spiro atoms. The number of methoxy groups -OCH3 is 1. The monoisotopic (exact) mass is 285 g/mol. The van der Waals surface area contributed by atoms with Gasteiger partial charge in [0, 0.05) is 25.3 Å². The standard InChI is InChI=1S/C14H20ClNO3/c1-9(7-14(2,3)17-4)16-11-6-13-12(5-10(11)15)18-8-19-13/h5-6,9,16H,7-8H2,1-4H3. The number of hydrogen-bond donors (Lipinski definition) is 1. The average molecular weight is 286 g/mol. The van der Waals surface area contributed by atoms with Gasteiger partial charge in [0.15, 0.2) is 11.5 Å². The van der Waals surface area contributed by atoms with Crippen LogP contribution in [0.15, 0.2) is 12.1 Å². The Morgan fingerprint density at radius 3 is 2.63 bits per heavy atom. The summed E-state index contributed by atoms with van der Waals surface area (Å²) in [7, 11) is 1.72. The number of anilines is 1. The van der Waals surface area contributed by atoms with E-state index in [1.54, 1.807) is 13.2 Å². The number of nitrogens with one attached hydrogen (secondary N) is 1. The lowest BCUT2D eigenvalue weighted by atomic mass is 9.99. The molecule has 2 rings (SSSR count). The molecule has 0 bridgehead atoms. The molecule has 1 aromatic rings. The van der Waals surface area contributed by atoms with Crippen LogP contribution in [0.1, 0.15) is 27.2 Å². The van der Waals surface area contributed by atoms with Crippen molar-refractivity contribution in [3.8, 4) is 11.5 Å². The van der Waals surface area contributed by atoms with Gasteiger partial charge in [0.25, 0.3) is 0 Å². The molecule has 1 unspecified atom stereocenters. The second-order valence-corrected chi connectivity index (χ2v) is 5.81. The van der Waals surface area contributed by atoms with E-state index in [1.807, 2.05) is 6.07 Å². The van der Waals surface area contributed by atoms with Crippen molar-refractivity contribution < 1.29 is 14.2 Å². The summed E-state index contributed by atoms with van der Waals surface area (Å²) in [5.41, 5.74) is 0.681. The van der Waals surface area contributed by atoms with E-state index in [2.05, 4.69) is 26.1 Å². The molecule has 0 aromatic heterocycles. The molecule has 4 nitrogen and oxygen atoms in total. The van der Waals surface area contributed by atoms with Crippen LogP contribution in [-0.4, -0.2) is 25.5 Å². The van der Waals surface area contributed by atoms with Crippen LogP contribution in [-0.2, 0) is 4.74 Å². The van der Waals surface area contributed by atoms with Crippen molar-refractivity contribution >= 4 is 17.3 Å². The van der Waals surface area contributed by atoms with Crippen LogP contribution in [0.3, 0.4) is 0 Å². The highest BCUT2D eigenvalue weighted by molar-refractivity contribution is 6.33. The molecular weight excluding hydrogens is 266 g/mol. The highest BCUT2D eigenvalue weighted by atomic mass is 35.5. The van der Waals surface area contributed by atoms with Gasteiger partial charge in [-0.05, 0) is 27.2 Å². The third-order valence-electron chi connectivity index (χ3n) is 3.21. The van der Waals surface area contributed by atoms with Crippen LogP contribution in [0.4, 0.5) is 5.69 Å². The van der Waals surface area contributed by atoms with Gasteiger partial charge in [-0.1, -0.05) is 11.6 Å². The smallest absolute Gasteiger partial charge is 0.231 e. The van der Waals surface area contributed by atoms with E-state index in [9.17, 15) is 0 Å². The van der Waals surface area contributed by atoms with Crippen molar-refractivity contribution in [3.63, 3.8) is 0 Å². The number of fused-ring (bicyclic) bond motifs is 1. The molecule has 0 radical (unpaired) electrons. The maximum absolute atomic E-state index is 6.23. The van der Waals surface area contributed by atoms with Gasteiger partial charge in [-0.2, -0.15) is 0 Å². The van der Waals surface area contributed by atoms with Crippen molar-refractivity contribution in [2.24, 2.45) is 0 Å². The van der Waals surface area contributed by atoms with E-state index in [-0.39, 0.29) is 18.4 Å². The lowest BCUT2D eigenvalue weighted by Gasteiger charge is -2.27. The number of ether oxygens (including phenoxy) is 3. The van der Waals surface area contributed by atoms with Gasteiger partial charge in [0.2, 0.25) is 6.79 Å². The number of hydrogen-bond acceptors (Lipinski definition) is 4. The largest absolute Gasteiger partial charge is 0.454 e. The summed E-state index contributed by atoms with van der Waals surface area (Å²) in [6, 6.07) is 3.88. The summed E-state index contributed by atoms with van der Waals surface area (Å²) in [5, 5.41) is 4.01. The van der Waals surface area contributed by atoms with Crippen LogP contribution < -0.4 is 14.8 Å². The molecule has 1 heterocycles. The fourth-order valence-corrected chi connectivity index (χ4v) is 2.37. The third-order valence-corrected chi connectivity index (χ3v) is 3.53. The zero-order valence-corrected chi connectivity index (χ0v) is 12.5. The van der Waals surface area contributed by atoms with E-state index < -0.39 is 0 Å². The zero-order valence-electron chi connectivity index (χ0n) is 11.7. The van der Waals surface area contributed by atoms with Crippen molar-refractivity contribution in [1.29, 1.82) is 0 Å². The van der Waals surface area contributed by atoms with Gasteiger partial charge in [-0.25, -0.2) is 0 Å². The Hall–Kier alpha value is -1.13. The van der Waals surface area contributed by atoms with E-state index in [4.69, 9.17) is 25.8 Å². The van der Waals surface area contributed by atoms with Gasteiger partial charge in [-0.3, -0.25) is 0 Å². The quantitative estimate of drug-likeness (QED) is 0.896. The number of benzene rings is 1. The number of rotatable bonds is 5. The van der Waals surface area contributed by atoms with Gasteiger partial charge in [0.1, 0.15) is 0 Å². The minimum absolute atomic E-state index is 0.171. The predicted molar refractivity (Wildman–Crippen MR) is 76.4 cm³/mol. The third kappa shape index (κ3) is 3.45. The molecular formula is C14H20ClNO3. The Kier molecular flexibility index (Phi) is 4.11. The topological polar surface area (TPSA) is 39.7 Å².